The van der Waals surface area contributed by atoms with Gasteiger partial charge in [0.05, 0.1) is 42.7 Å². The molecule has 6 heteroatoms. The van der Waals surface area contributed by atoms with Gasteiger partial charge < -0.3 is 24.9 Å². The number of nitrogen functional groups attached to an aromatic ring is 1. The van der Waals surface area contributed by atoms with Gasteiger partial charge in [-0.2, -0.15) is 0 Å². The zero-order chi connectivity index (χ0) is 22.1. The second-order valence-electron chi connectivity index (χ2n) is 8.38. The van der Waals surface area contributed by atoms with Crippen LogP contribution in [-0.2, 0) is 22.6 Å². The molecule has 1 aliphatic rings. The molecule has 0 aliphatic carbocycles. The highest BCUT2D eigenvalue weighted by Gasteiger charge is 2.38. The zero-order valence-electron chi connectivity index (χ0n) is 18.0. The van der Waals surface area contributed by atoms with E-state index in [2.05, 4.69) is 22.5 Å². The molecule has 1 aliphatic heterocycles. The number of fused-ring (bicyclic) bond motifs is 1. The van der Waals surface area contributed by atoms with Crippen LogP contribution in [0.15, 0.2) is 79.1 Å². The summed E-state index contributed by atoms with van der Waals surface area (Å²) in [5.41, 5.74) is 11.6. The van der Waals surface area contributed by atoms with Gasteiger partial charge in [0.15, 0.2) is 6.29 Å². The number of aliphatic hydroxyl groups is 1. The Balaban J connectivity index is 1.49. The van der Waals surface area contributed by atoms with Gasteiger partial charge in [-0.1, -0.05) is 55.5 Å². The van der Waals surface area contributed by atoms with Crippen LogP contribution in [0.2, 0.25) is 0 Å². The van der Waals surface area contributed by atoms with Gasteiger partial charge in [-0.3, -0.25) is 0 Å². The molecule has 164 valence electrons. The first-order valence-corrected chi connectivity index (χ1v) is 10.9. The van der Waals surface area contributed by atoms with Crippen molar-refractivity contribution in [1.29, 1.82) is 0 Å². The predicted molar refractivity (Wildman–Crippen MR) is 124 cm³/mol. The number of anilines is 1. The molecule has 5 rings (SSSR count). The van der Waals surface area contributed by atoms with Crippen LogP contribution >= 0.6 is 0 Å². The van der Waals surface area contributed by atoms with Crippen molar-refractivity contribution in [2.24, 2.45) is 5.92 Å². The minimum atomic E-state index is -0.531. The maximum absolute atomic E-state index is 9.41. The van der Waals surface area contributed by atoms with Crippen LogP contribution in [0.25, 0.3) is 11.0 Å². The lowest BCUT2D eigenvalue weighted by molar-refractivity contribution is -0.276. The summed E-state index contributed by atoms with van der Waals surface area (Å²) in [6, 6.07) is 23.7. The maximum Gasteiger partial charge on any atom is 0.185 e. The summed E-state index contributed by atoms with van der Waals surface area (Å²) in [7, 11) is 0. The Labute approximate surface area is 187 Å². The summed E-state index contributed by atoms with van der Waals surface area (Å²) in [5, 5.41) is 9.41. The lowest BCUT2D eigenvalue weighted by Crippen LogP contribution is -2.39. The molecule has 6 nitrogen and oxygen atoms in total. The van der Waals surface area contributed by atoms with Gasteiger partial charge in [-0.25, -0.2) is 4.98 Å². The van der Waals surface area contributed by atoms with E-state index in [0.717, 1.165) is 27.7 Å². The minimum Gasteiger partial charge on any atom is -0.399 e. The van der Waals surface area contributed by atoms with Crippen LogP contribution in [0.4, 0.5) is 5.69 Å². The average molecular weight is 430 g/mol. The van der Waals surface area contributed by atoms with E-state index in [4.69, 9.17) is 15.2 Å². The molecule has 1 fully saturated rings. The number of hydrogen-bond acceptors (Lipinski definition) is 5. The third-order valence-electron chi connectivity index (χ3n) is 6.21. The van der Waals surface area contributed by atoms with Gasteiger partial charge in [-0.05, 0) is 35.4 Å². The van der Waals surface area contributed by atoms with Crippen molar-refractivity contribution in [2.45, 2.75) is 38.6 Å². The first-order chi connectivity index (χ1) is 15.6. The smallest absolute Gasteiger partial charge is 0.185 e. The standard InChI is InChI=1S/C26H27N3O3/c1-17-24(14-29-16-28-22-7-2-3-8-23(22)29)31-26(20-5-4-6-21(27)13-20)32-25(17)19-11-9-18(15-30)10-12-19/h2-13,16-17,24-26,30H,14-15,27H2,1H3/t17-,24+,25+,26?/m0/s1. The van der Waals surface area contributed by atoms with Gasteiger partial charge in [0.1, 0.15) is 0 Å². The molecule has 0 amide bonds. The number of rotatable bonds is 5. The first-order valence-electron chi connectivity index (χ1n) is 10.9. The Morgan fingerprint density at radius 3 is 2.56 bits per heavy atom. The fraction of sp³-hybridized carbons (Fsp3) is 0.269. The number of hydrogen-bond donors (Lipinski definition) is 2. The molecule has 4 aromatic rings. The molecular weight excluding hydrogens is 402 g/mol. The van der Waals surface area contributed by atoms with Gasteiger partial charge in [0.25, 0.3) is 0 Å². The number of imidazole rings is 1. The van der Waals surface area contributed by atoms with Gasteiger partial charge in [-0.15, -0.1) is 0 Å². The van der Waals surface area contributed by atoms with Crippen molar-refractivity contribution in [3.8, 4) is 0 Å². The first kappa shape index (κ1) is 20.7. The second kappa shape index (κ2) is 8.74. The average Bonchev–Trinajstić information content (AvgIpc) is 3.23. The molecule has 1 unspecified atom stereocenters. The maximum atomic E-state index is 9.41. The molecule has 0 bridgehead atoms. The van der Waals surface area contributed by atoms with Gasteiger partial charge in [0, 0.05) is 17.2 Å². The predicted octanol–water partition coefficient (Wildman–Crippen LogP) is 4.60. The molecule has 1 saturated heterocycles. The fourth-order valence-electron chi connectivity index (χ4n) is 4.38. The zero-order valence-corrected chi connectivity index (χ0v) is 18.0. The largest absolute Gasteiger partial charge is 0.399 e. The van der Waals surface area contributed by atoms with Gasteiger partial charge in [0.2, 0.25) is 0 Å². The van der Waals surface area contributed by atoms with E-state index in [0.29, 0.717) is 12.2 Å². The van der Waals surface area contributed by atoms with Crippen molar-refractivity contribution in [1.82, 2.24) is 9.55 Å². The molecule has 32 heavy (non-hydrogen) atoms. The summed E-state index contributed by atoms with van der Waals surface area (Å²) in [6.45, 7) is 2.84. The Bertz CT molecular complexity index is 1200. The molecule has 4 atom stereocenters. The molecule has 2 heterocycles. The summed E-state index contributed by atoms with van der Waals surface area (Å²) in [6.07, 6.45) is 1.08. The highest BCUT2D eigenvalue weighted by atomic mass is 16.7. The van der Waals surface area contributed by atoms with Crippen LogP contribution in [0, 0.1) is 5.92 Å². The number of benzene rings is 3. The molecule has 0 spiro atoms. The van der Waals surface area contributed by atoms with Crippen LogP contribution in [0.1, 0.15) is 36.0 Å². The molecule has 0 radical (unpaired) electrons. The quantitative estimate of drug-likeness (QED) is 0.453. The molecular formula is C26H27N3O3. The van der Waals surface area contributed by atoms with Crippen LogP contribution in [0.5, 0.6) is 0 Å². The topological polar surface area (TPSA) is 82.5 Å². The summed E-state index contributed by atoms with van der Waals surface area (Å²) in [5.74, 6) is 0.0912. The van der Waals surface area contributed by atoms with E-state index in [-0.39, 0.29) is 24.7 Å². The Morgan fingerprint density at radius 1 is 0.969 bits per heavy atom. The lowest BCUT2D eigenvalue weighted by atomic mass is 9.90. The Morgan fingerprint density at radius 2 is 1.78 bits per heavy atom. The molecule has 0 saturated carbocycles. The number of aromatic nitrogens is 2. The SMILES string of the molecule is C[C@H]1[C@@H](Cn2cnc3ccccc32)OC(c2cccc(N)c2)O[C@H]1c1ccc(CO)cc1. The van der Waals surface area contributed by atoms with Crippen LogP contribution < -0.4 is 5.73 Å². The molecule has 3 aromatic carbocycles. The van der Waals surface area contributed by atoms with Crippen molar-refractivity contribution >= 4 is 16.7 Å². The normalized spacial score (nSPS) is 23.4. The molecule has 3 N–H and O–H groups in total. The number of aliphatic hydroxyl groups excluding tert-OH is 1. The van der Waals surface area contributed by atoms with Crippen molar-refractivity contribution in [3.63, 3.8) is 0 Å². The third kappa shape index (κ3) is 4.00. The van der Waals surface area contributed by atoms with Crippen LogP contribution in [-0.4, -0.2) is 20.8 Å². The number of nitrogens with two attached hydrogens (primary N) is 1. The van der Waals surface area contributed by atoms with Gasteiger partial charge >= 0.3 is 0 Å². The lowest BCUT2D eigenvalue weighted by Gasteiger charge is -2.41. The minimum absolute atomic E-state index is 0.0205. The highest BCUT2D eigenvalue weighted by molar-refractivity contribution is 5.74. The highest BCUT2D eigenvalue weighted by Crippen LogP contribution is 2.42. The summed E-state index contributed by atoms with van der Waals surface area (Å²) < 4.78 is 15.1. The van der Waals surface area contributed by atoms with E-state index < -0.39 is 6.29 Å². The van der Waals surface area contributed by atoms with Crippen molar-refractivity contribution in [3.05, 3.63) is 95.8 Å². The second-order valence-corrected chi connectivity index (χ2v) is 8.38. The number of ether oxygens (including phenoxy) is 2. The Hall–Kier alpha value is -3.19. The fourth-order valence-corrected chi connectivity index (χ4v) is 4.38. The van der Waals surface area contributed by atoms with E-state index in [1.165, 1.54) is 0 Å². The summed E-state index contributed by atoms with van der Waals surface area (Å²) >= 11 is 0. The Kier molecular flexibility index (Phi) is 5.66. The summed E-state index contributed by atoms with van der Waals surface area (Å²) in [4.78, 5) is 4.53. The van der Waals surface area contributed by atoms with E-state index in [1.807, 2.05) is 73.1 Å². The molecule has 1 aromatic heterocycles. The van der Waals surface area contributed by atoms with Crippen molar-refractivity contribution < 1.29 is 14.6 Å². The van der Waals surface area contributed by atoms with E-state index in [9.17, 15) is 5.11 Å². The number of nitrogens with zero attached hydrogens (tertiary/aromatic N) is 2. The monoisotopic (exact) mass is 429 g/mol. The van der Waals surface area contributed by atoms with E-state index >= 15 is 0 Å². The van der Waals surface area contributed by atoms with Crippen molar-refractivity contribution in [2.75, 3.05) is 5.73 Å². The van der Waals surface area contributed by atoms with Crippen LogP contribution in [0.3, 0.4) is 0 Å². The number of para-hydroxylation sites is 2. The van der Waals surface area contributed by atoms with E-state index in [1.54, 1.807) is 0 Å². The third-order valence-corrected chi connectivity index (χ3v) is 6.21.